The average molecular weight is 505 g/mol. The van der Waals surface area contributed by atoms with E-state index in [1.165, 1.54) is 31.9 Å². The van der Waals surface area contributed by atoms with Gasteiger partial charge >= 0.3 is 5.97 Å². The van der Waals surface area contributed by atoms with Crippen LogP contribution in [-0.4, -0.2) is 57.0 Å². The minimum atomic E-state index is -1.67. The third-order valence-electron chi connectivity index (χ3n) is 6.88. The molecule has 2 aromatic carbocycles. The highest BCUT2D eigenvalue weighted by Gasteiger charge is 2.65. The van der Waals surface area contributed by atoms with Crippen LogP contribution < -0.4 is 4.72 Å². The zero-order chi connectivity index (χ0) is 25.5. The first-order valence-electron chi connectivity index (χ1n) is 11.6. The first-order chi connectivity index (χ1) is 16.4. The number of amides is 1. The number of esters is 1. The van der Waals surface area contributed by atoms with Gasteiger partial charge in [0.2, 0.25) is 0 Å². The molecular weight excluding hydrogens is 474 g/mol. The Hall–Kier alpha value is -2.49. The van der Waals surface area contributed by atoms with Crippen molar-refractivity contribution in [1.29, 1.82) is 0 Å². The largest absolute Gasteiger partial charge is 0.598 e. The summed E-state index contributed by atoms with van der Waals surface area (Å²) < 4.78 is 51.7. The molecule has 188 valence electrons. The van der Waals surface area contributed by atoms with Crippen molar-refractivity contribution in [3.8, 4) is 11.1 Å². The van der Waals surface area contributed by atoms with Gasteiger partial charge in [-0.05, 0) is 31.4 Å². The summed E-state index contributed by atoms with van der Waals surface area (Å²) in [6.07, 6.45) is 1.56. The normalized spacial score (nSPS) is 26.6. The average Bonchev–Trinajstić information content (AvgIpc) is 2.75. The molecule has 2 bridgehead atoms. The SMILES string of the molecule is CC(=O)OC(C)(C)C(=O)N1C2CC(F)(C2)[C@H](N[S+](C)[O-])[C@@H]1Cc1cccc(-c2ccccc2)c1F. The van der Waals surface area contributed by atoms with E-state index < -0.39 is 58.5 Å². The predicted octanol–water partition coefficient (Wildman–Crippen LogP) is 3.71. The number of nitrogens with zero attached hydrogens (tertiary/aromatic N) is 1. The molecule has 0 radical (unpaired) electrons. The third-order valence-corrected chi connectivity index (χ3v) is 7.46. The highest BCUT2D eigenvalue weighted by atomic mass is 32.2. The van der Waals surface area contributed by atoms with E-state index >= 15 is 8.78 Å². The molecule has 3 atom stereocenters. The molecule has 35 heavy (non-hydrogen) atoms. The van der Waals surface area contributed by atoms with Crippen LogP contribution in [0.3, 0.4) is 0 Å². The van der Waals surface area contributed by atoms with Crippen LogP contribution in [0.5, 0.6) is 0 Å². The van der Waals surface area contributed by atoms with Crippen molar-refractivity contribution in [2.24, 2.45) is 0 Å². The van der Waals surface area contributed by atoms with Crippen LogP contribution in [0.15, 0.2) is 48.5 Å². The molecule has 2 aromatic rings. The van der Waals surface area contributed by atoms with Gasteiger partial charge in [0.25, 0.3) is 5.91 Å². The van der Waals surface area contributed by atoms with Crippen LogP contribution >= 0.6 is 0 Å². The fourth-order valence-corrected chi connectivity index (χ4v) is 6.09. The number of benzene rings is 2. The minimum Gasteiger partial charge on any atom is -0.598 e. The summed E-state index contributed by atoms with van der Waals surface area (Å²) in [4.78, 5) is 26.8. The van der Waals surface area contributed by atoms with E-state index in [1.54, 1.807) is 30.3 Å². The Bertz CT molecular complexity index is 1110. The van der Waals surface area contributed by atoms with Gasteiger partial charge in [-0.15, -0.1) is 4.72 Å². The van der Waals surface area contributed by atoms with Gasteiger partial charge < -0.3 is 14.2 Å². The third kappa shape index (κ3) is 4.94. The van der Waals surface area contributed by atoms with Gasteiger partial charge in [0.15, 0.2) is 5.60 Å². The monoisotopic (exact) mass is 504 g/mol. The van der Waals surface area contributed by atoms with E-state index in [1.807, 2.05) is 18.2 Å². The van der Waals surface area contributed by atoms with Crippen LogP contribution in [-0.2, 0) is 32.1 Å². The number of halogens is 2. The fourth-order valence-electron chi connectivity index (χ4n) is 5.36. The van der Waals surface area contributed by atoms with Crippen molar-refractivity contribution in [2.75, 3.05) is 6.26 Å². The standard InChI is InChI=1S/C26H30F2N2O4S/c1-16(31)34-25(2,3)24(32)30-19-14-26(28,15-19)23(29-35(4)33)21(30)13-18-11-8-12-20(22(18)27)17-9-6-5-7-10-17/h5-12,19,21,23,29H,13-15H2,1-4H3/t19?,21-,23+,26?,35?/m0/s1. The van der Waals surface area contributed by atoms with Crippen molar-refractivity contribution >= 4 is 23.2 Å². The van der Waals surface area contributed by atoms with Crippen LogP contribution in [0.25, 0.3) is 11.1 Å². The quantitative estimate of drug-likeness (QED) is 0.459. The van der Waals surface area contributed by atoms with Gasteiger partial charge in [0.05, 0.1) is 6.04 Å². The molecule has 2 saturated heterocycles. The number of alkyl halides is 1. The number of rotatable bonds is 7. The summed E-state index contributed by atoms with van der Waals surface area (Å²) in [6.45, 7) is 4.19. The summed E-state index contributed by atoms with van der Waals surface area (Å²) in [6, 6.07) is 11.9. The lowest BCUT2D eigenvalue weighted by atomic mass is 9.64. The van der Waals surface area contributed by atoms with Gasteiger partial charge in [-0.25, -0.2) is 8.78 Å². The molecule has 3 fully saturated rings. The van der Waals surface area contributed by atoms with E-state index in [4.69, 9.17) is 4.74 Å². The molecule has 1 unspecified atom stereocenters. The van der Waals surface area contributed by atoms with Gasteiger partial charge in [-0.3, -0.25) is 9.59 Å². The number of hydrogen-bond donors (Lipinski definition) is 1. The molecule has 1 saturated carbocycles. The predicted molar refractivity (Wildman–Crippen MR) is 130 cm³/mol. The summed E-state index contributed by atoms with van der Waals surface area (Å²) in [5.74, 6) is -1.55. The van der Waals surface area contributed by atoms with Gasteiger partial charge in [-0.1, -0.05) is 48.5 Å². The maximum absolute atomic E-state index is 15.8. The van der Waals surface area contributed by atoms with E-state index in [0.717, 1.165) is 0 Å². The molecule has 3 aliphatic rings. The highest BCUT2D eigenvalue weighted by Crippen LogP contribution is 2.51. The second kappa shape index (κ2) is 9.52. The Morgan fingerprint density at radius 3 is 2.46 bits per heavy atom. The molecular formula is C26H30F2N2O4S. The maximum atomic E-state index is 15.8. The Balaban J connectivity index is 1.74. The summed E-state index contributed by atoms with van der Waals surface area (Å²) in [5, 5.41) is 0. The molecule has 1 amide bonds. The second-order valence-corrected chi connectivity index (χ2v) is 11.0. The topological polar surface area (TPSA) is 81.7 Å². The Morgan fingerprint density at radius 1 is 1.20 bits per heavy atom. The van der Waals surface area contributed by atoms with Crippen LogP contribution in [0, 0.1) is 5.82 Å². The second-order valence-electron chi connectivity index (χ2n) is 9.88. The summed E-state index contributed by atoms with van der Waals surface area (Å²) in [7, 11) is 0. The lowest BCUT2D eigenvalue weighted by molar-refractivity contribution is -0.189. The molecule has 0 spiro atoms. The molecule has 1 aliphatic carbocycles. The molecule has 0 aromatic heterocycles. The van der Waals surface area contributed by atoms with Crippen molar-refractivity contribution in [2.45, 2.75) is 69.4 Å². The van der Waals surface area contributed by atoms with Crippen LogP contribution in [0.4, 0.5) is 8.78 Å². The molecule has 9 heteroatoms. The first-order valence-corrected chi connectivity index (χ1v) is 13.1. The van der Waals surface area contributed by atoms with Crippen molar-refractivity contribution in [1.82, 2.24) is 9.62 Å². The minimum absolute atomic E-state index is 0.00539. The first kappa shape index (κ1) is 25.6. The van der Waals surface area contributed by atoms with Gasteiger partial charge in [-0.2, -0.15) is 0 Å². The smallest absolute Gasteiger partial charge is 0.303 e. The Labute approximate surface area is 207 Å². The van der Waals surface area contributed by atoms with E-state index in [0.29, 0.717) is 16.7 Å². The highest BCUT2D eigenvalue weighted by molar-refractivity contribution is 7.88. The van der Waals surface area contributed by atoms with Crippen molar-refractivity contribution < 1.29 is 27.7 Å². The fraction of sp³-hybridized carbons (Fsp3) is 0.462. The molecule has 2 heterocycles. The van der Waals surface area contributed by atoms with Crippen LogP contribution in [0.1, 0.15) is 39.2 Å². The number of carbonyl (C=O) groups is 2. The number of fused-ring (bicyclic) bond motifs is 2. The van der Waals surface area contributed by atoms with E-state index in [-0.39, 0.29) is 19.3 Å². The van der Waals surface area contributed by atoms with Gasteiger partial charge in [0, 0.05) is 42.7 Å². The number of piperidine rings is 2. The summed E-state index contributed by atoms with van der Waals surface area (Å²) in [5.41, 5.74) is -1.74. The van der Waals surface area contributed by atoms with E-state index in [9.17, 15) is 14.1 Å². The Morgan fingerprint density at radius 2 is 1.86 bits per heavy atom. The zero-order valence-corrected chi connectivity index (χ0v) is 21.0. The molecule has 1 N–H and O–H groups in total. The number of ether oxygens (including phenoxy) is 1. The van der Waals surface area contributed by atoms with Crippen molar-refractivity contribution in [3.63, 3.8) is 0 Å². The van der Waals surface area contributed by atoms with Crippen molar-refractivity contribution in [3.05, 3.63) is 59.9 Å². The lowest BCUT2D eigenvalue weighted by Gasteiger charge is -2.61. The van der Waals surface area contributed by atoms with Gasteiger partial charge in [0.1, 0.15) is 23.8 Å². The van der Waals surface area contributed by atoms with Crippen LogP contribution in [0.2, 0.25) is 0 Å². The number of hydrogen-bond acceptors (Lipinski definition) is 5. The molecule has 2 aliphatic heterocycles. The zero-order valence-electron chi connectivity index (χ0n) is 20.2. The Kier molecular flexibility index (Phi) is 6.96. The lowest BCUT2D eigenvalue weighted by Crippen LogP contribution is -2.78. The summed E-state index contributed by atoms with van der Waals surface area (Å²) >= 11 is -1.57. The number of nitrogens with one attached hydrogen (secondary N) is 1. The maximum Gasteiger partial charge on any atom is 0.303 e. The molecule has 6 nitrogen and oxygen atoms in total. The molecule has 5 rings (SSSR count). The number of carbonyl (C=O) groups excluding carboxylic acids is 2. The van der Waals surface area contributed by atoms with E-state index in [2.05, 4.69) is 4.72 Å².